The molecule has 0 bridgehead atoms. The Morgan fingerprint density at radius 2 is 1.82 bits per heavy atom. The Balaban J connectivity index is 1.50. The molecule has 0 aromatic heterocycles. The fourth-order valence-corrected chi connectivity index (χ4v) is 3.34. The number of rotatable bonds is 7. The molecule has 6 heteroatoms. The molecule has 0 spiro atoms. The van der Waals surface area contributed by atoms with E-state index in [9.17, 15) is 14.4 Å². The van der Waals surface area contributed by atoms with E-state index in [-0.39, 0.29) is 24.0 Å². The first-order valence-corrected chi connectivity index (χ1v) is 9.36. The Morgan fingerprint density at radius 3 is 2.50 bits per heavy atom. The third-order valence-electron chi connectivity index (χ3n) is 4.86. The van der Waals surface area contributed by atoms with Crippen LogP contribution in [0.4, 0.5) is 11.4 Å². The quantitative estimate of drug-likeness (QED) is 0.745. The van der Waals surface area contributed by atoms with Gasteiger partial charge in [0.1, 0.15) is 5.75 Å². The second-order valence-corrected chi connectivity index (χ2v) is 6.82. The summed E-state index contributed by atoms with van der Waals surface area (Å²) in [5.74, 6) is 0.563. The third-order valence-corrected chi connectivity index (χ3v) is 4.86. The van der Waals surface area contributed by atoms with Crippen molar-refractivity contribution in [3.8, 4) is 5.75 Å². The Labute approximate surface area is 164 Å². The first kappa shape index (κ1) is 19.6. The van der Waals surface area contributed by atoms with Gasteiger partial charge in [0.15, 0.2) is 5.78 Å². The van der Waals surface area contributed by atoms with Gasteiger partial charge in [-0.2, -0.15) is 0 Å². The van der Waals surface area contributed by atoms with Crippen molar-refractivity contribution in [3.63, 3.8) is 0 Å². The summed E-state index contributed by atoms with van der Waals surface area (Å²) in [5, 5.41) is 2.85. The summed E-state index contributed by atoms with van der Waals surface area (Å²) in [6.07, 6.45) is 1.87. The number of nitrogens with zero attached hydrogens (tertiary/aromatic N) is 1. The van der Waals surface area contributed by atoms with Crippen molar-refractivity contribution in [3.05, 3.63) is 53.6 Å². The SMILES string of the molecule is COc1ccc(C(=O)CCCC(=O)Nc2ccc3c(c2)N(C(C)=O)CC3)cc1. The fraction of sp³-hybridized carbons (Fsp3) is 0.318. The molecule has 2 aromatic rings. The zero-order valence-electron chi connectivity index (χ0n) is 16.2. The lowest BCUT2D eigenvalue weighted by Crippen LogP contribution is -2.25. The molecule has 0 aliphatic carbocycles. The van der Waals surface area contributed by atoms with Crippen molar-refractivity contribution in [2.45, 2.75) is 32.6 Å². The van der Waals surface area contributed by atoms with Gasteiger partial charge in [0.05, 0.1) is 7.11 Å². The third kappa shape index (κ3) is 4.57. The van der Waals surface area contributed by atoms with E-state index < -0.39 is 0 Å². The van der Waals surface area contributed by atoms with Gasteiger partial charge in [-0.3, -0.25) is 14.4 Å². The van der Waals surface area contributed by atoms with Crippen molar-refractivity contribution in [1.29, 1.82) is 0 Å². The lowest BCUT2D eigenvalue weighted by atomic mass is 10.1. The molecule has 28 heavy (non-hydrogen) atoms. The molecule has 2 amide bonds. The molecule has 2 aromatic carbocycles. The predicted octanol–water partition coefficient (Wildman–Crippen LogP) is 3.60. The Kier molecular flexibility index (Phi) is 6.09. The Hall–Kier alpha value is -3.15. The monoisotopic (exact) mass is 380 g/mol. The second kappa shape index (κ2) is 8.69. The van der Waals surface area contributed by atoms with Crippen molar-refractivity contribution in [1.82, 2.24) is 0 Å². The van der Waals surface area contributed by atoms with Crippen molar-refractivity contribution >= 4 is 29.0 Å². The van der Waals surface area contributed by atoms with Gasteiger partial charge in [0.25, 0.3) is 0 Å². The highest BCUT2D eigenvalue weighted by molar-refractivity contribution is 5.98. The summed E-state index contributed by atoms with van der Waals surface area (Å²) in [4.78, 5) is 37.8. The number of anilines is 2. The number of hydrogen-bond donors (Lipinski definition) is 1. The fourth-order valence-electron chi connectivity index (χ4n) is 3.34. The van der Waals surface area contributed by atoms with Gasteiger partial charge in [-0.05, 0) is 54.8 Å². The number of ether oxygens (including phenoxy) is 1. The minimum atomic E-state index is -0.144. The van der Waals surface area contributed by atoms with Gasteiger partial charge in [-0.15, -0.1) is 0 Å². The normalized spacial score (nSPS) is 12.4. The molecule has 0 saturated heterocycles. The van der Waals surface area contributed by atoms with Crippen LogP contribution < -0.4 is 15.0 Å². The molecule has 0 unspecified atom stereocenters. The number of methoxy groups -OCH3 is 1. The lowest BCUT2D eigenvalue weighted by Gasteiger charge is -2.15. The molecule has 3 rings (SSSR count). The van der Waals surface area contributed by atoms with E-state index in [1.807, 2.05) is 18.2 Å². The summed E-state index contributed by atoms with van der Waals surface area (Å²) in [6, 6.07) is 12.6. The van der Waals surface area contributed by atoms with E-state index in [4.69, 9.17) is 4.74 Å². The minimum Gasteiger partial charge on any atom is -0.497 e. The first-order valence-electron chi connectivity index (χ1n) is 9.36. The zero-order chi connectivity index (χ0) is 20.1. The van der Waals surface area contributed by atoms with E-state index in [2.05, 4.69) is 5.32 Å². The number of Topliss-reactive ketones (excluding diaryl/α,β-unsaturated/α-hetero) is 1. The van der Waals surface area contributed by atoms with Gasteiger partial charge >= 0.3 is 0 Å². The number of fused-ring (bicyclic) bond motifs is 1. The molecule has 1 N–H and O–H groups in total. The number of amides is 2. The maximum Gasteiger partial charge on any atom is 0.224 e. The van der Waals surface area contributed by atoms with E-state index in [1.165, 1.54) is 0 Å². The molecule has 146 valence electrons. The van der Waals surface area contributed by atoms with Crippen LogP contribution in [0.3, 0.4) is 0 Å². The van der Waals surface area contributed by atoms with Gasteiger partial charge in [0.2, 0.25) is 11.8 Å². The van der Waals surface area contributed by atoms with Crippen molar-refractivity contribution in [2.75, 3.05) is 23.9 Å². The lowest BCUT2D eigenvalue weighted by molar-refractivity contribution is -0.117. The summed E-state index contributed by atoms with van der Waals surface area (Å²) >= 11 is 0. The molecule has 0 atom stereocenters. The average Bonchev–Trinajstić information content (AvgIpc) is 3.11. The molecule has 1 heterocycles. The van der Waals surface area contributed by atoms with Crippen LogP contribution in [-0.4, -0.2) is 31.3 Å². The number of nitrogens with one attached hydrogen (secondary N) is 1. The molecule has 1 aliphatic heterocycles. The summed E-state index contributed by atoms with van der Waals surface area (Å²) in [5.41, 5.74) is 3.25. The van der Waals surface area contributed by atoms with Crippen LogP contribution in [0, 0.1) is 0 Å². The first-order chi connectivity index (χ1) is 13.5. The standard InChI is InChI=1S/C22H24N2O4/c1-15(25)24-13-12-16-6-9-18(14-20(16)24)23-22(27)5-3-4-21(26)17-7-10-19(28-2)11-8-17/h6-11,14H,3-5,12-13H2,1-2H3,(H,23,27). The van der Waals surface area contributed by atoms with E-state index in [0.29, 0.717) is 36.4 Å². The second-order valence-electron chi connectivity index (χ2n) is 6.82. The van der Waals surface area contributed by atoms with Crippen LogP contribution in [0.5, 0.6) is 5.75 Å². The number of benzene rings is 2. The summed E-state index contributed by atoms with van der Waals surface area (Å²) in [7, 11) is 1.58. The summed E-state index contributed by atoms with van der Waals surface area (Å²) < 4.78 is 5.08. The van der Waals surface area contributed by atoms with Gasteiger partial charge in [-0.25, -0.2) is 0 Å². The van der Waals surface area contributed by atoms with Gasteiger partial charge < -0.3 is 15.0 Å². The topological polar surface area (TPSA) is 75.7 Å². The smallest absolute Gasteiger partial charge is 0.224 e. The molecule has 0 saturated carbocycles. The number of hydrogen-bond acceptors (Lipinski definition) is 4. The molecule has 0 radical (unpaired) electrons. The molecule has 1 aliphatic rings. The van der Waals surface area contributed by atoms with Crippen molar-refractivity contribution < 1.29 is 19.1 Å². The summed E-state index contributed by atoms with van der Waals surface area (Å²) in [6.45, 7) is 2.22. The predicted molar refractivity (Wildman–Crippen MR) is 108 cm³/mol. The molecule has 0 fully saturated rings. The Morgan fingerprint density at radius 1 is 1.07 bits per heavy atom. The highest BCUT2D eigenvalue weighted by Gasteiger charge is 2.22. The minimum absolute atomic E-state index is 0.000675. The highest BCUT2D eigenvalue weighted by Crippen LogP contribution is 2.31. The average molecular weight is 380 g/mol. The number of carbonyl (C=O) groups excluding carboxylic acids is 3. The van der Waals surface area contributed by atoms with Gasteiger partial charge in [0, 0.05) is 43.2 Å². The van der Waals surface area contributed by atoms with Gasteiger partial charge in [-0.1, -0.05) is 6.07 Å². The molecule has 6 nitrogen and oxygen atoms in total. The zero-order valence-corrected chi connectivity index (χ0v) is 16.2. The molecular weight excluding hydrogens is 356 g/mol. The molecular formula is C22H24N2O4. The van der Waals surface area contributed by atoms with E-state index in [1.54, 1.807) is 43.2 Å². The number of ketones is 1. The Bertz CT molecular complexity index is 890. The van der Waals surface area contributed by atoms with Crippen LogP contribution in [0.2, 0.25) is 0 Å². The number of carbonyl (C=O) groups is 3. The van der Waals surface area contributed by atoms with E-state index in [0.717, 1.165) is 17.7 Å². The van der Waals surface area contributed by atoms with Crippen LogP contribution in [-0.2, 0) is 16.0 Å². The maximum absolute atomic E-state index is 12.2. The van der Waals surface area contributed by atoms with Crippen LogP contribution in [0.25, 0.3) is 0 Å². The van der Waals surface area contributed by atoms with Crippen LogP contribution in [0.15, 0.2) is 42.5 Å². The van der Waals surface area contributed by atoms with Crippen LogP contribution >= 0.6 is 0 Å². The maximum atomic E-state index is 12.2. The largest absolute Gasteiger partial charge is 0.497 e. The van der Waals surface area contributed by atoms with Crippen molar-refractivity contribution in [2.24, 2.45) is 0 Å². The highest BCUT2D eigenvalue weighted by atomic mass is 16.5. The van der Waals surface area contributed by atoms with Crippen LogP contribution in [0.1, 0.15) is 42.1 Å². The van der Waals surface area contributed by atoms with E-state index >= 15 is 0 Å².